The number of rotatable bonds is 3. The molecule has 2 saturated heterocycles. The number of carbonyl (C=O) groups excluding carboxylic acids is 1. The van der Waals surface area contributed by atoms with E-state index in [-0.39, 0.29) is 17.1 Å². The van der Waals surface area contributed by atoms with Crippen LogP contribution in [0.2, 0.25) is 0 Å². The van der Waals surface area contributed by atoms with E-state index in [1.54, 1.807) is 0 Å². The van der Waals surface area contributed by atoms with Gasteiger partial charge < -0.3 is 10.1 Å². The van der Waals surface area contributed by atoms with E-state index in [2.05, 4.69) is 33.0 Å². The van der Waals surface area contributed by atoms with Gasteiger partial charge in [-0.3, -0.25) is 4.79 Å². The molecule has 0 radical (unpaired) electrons. The number of piperidine rings is 1. The lowest BCUT2D eigenvalue weighted by Gasteiger charge is -2.28. The summed E-state index contributed by atoms with van der Waals surface area (Å²) in [5.41, 5.74) is -0.461. The number of carbonyl (C=O) groups is 1. The normalized spacial score (nSPS) is 34.4. The van der Waals surface area contributed by atoms with Crippen molar-refractivity contribution in [2.75, 3.05) is 13.1 Å². The highest BCUT2D eigenvalue weighted by molar-refractivity contribution is 5.82. The standard InChI is InChI=1S/C15H27NO2/c1-14(2)9-12(15(3,4)18-14)13(17)8-11-6-5-7-16-10-11/h11-12,16H,5-10H2,1-4H3. The minimum Gasteiger partial charge on any atom is -0.369 e. The van der Waals surface area contributed by atoms with Crippen LogP contribution in [0.3, 0.4) is 0 Å². The van der Waals surface area contributed by atoms with Gasteiger partial charge in [0.2, 0.25) is 0 Å². The highest BCUT2D eigenvalue weighted by atomic mass is 16.5. The maximum atomic E-state index is 12.5. The van der Waals surface area contributed by atoms with E-state index in [0.29, 0.717) is 11.7 Å². The molecule has 2 fully saturated rings. The lowest BCUT2D eigenvalue weighted by Crippen LogP contribution is -2.37. The zero-order valence-electron chi connectivity index (χ0n) is 12.2. The van der Waals surface area contributed by atoms with Gasteiger partial charge in [-0.2, -0.15) is 0 Å². The van der Waals surface area contributed by atoms with Crippen molar-refractivity contribution < 1.29 is 9.53 Å². The first-order valence-corrected chi connectivity index (χ1v) is 7.24. The Hall–Kier alpha value is -0.410. The lowest BCUT2D eigenvalue weighted by atomic mass is 9.80. The van der Waals surface area contributed by atoms with Gasteiger partial charge in [-0.25, -0.2) is 0 Å². The van der Waals surface area contributed by atoms with Crippen molar-refractivity contribution in [3.63, 3.8) is 0 Å². The van der Waals surface area contributed by atoms with Crippen LogP contribution < -0.4 is 5.32 Å². The molecule has 0 aromatic carbocycles. The number of nitrogens with one attached hydrogen (secondary N) is 1. The van der Waals surface area contributed by atoms with Crippen molar-refractivity contribution in [3.8, 4) is 0 Å². The summed E-state index contributed by atoms with van der Waals surface area (Å²) in [6.07, 6.45) is 3.98. The van der Waals surface area contributed by atoms with Crippen molar-refractivity contribution >= 4 is 5.78 Å². The molecule has 0 amide bonds. The molecule has 0 aromatic rings. The van der Waals surface area contributed by atoms with Crippen molar-refractivity contribution in [1.82, 2.24) is 5.32 Å². The summed E-state index contributed by atoms with van der Waals surface area (Å²) in [6, 6.07) is 0. The molecule has 3 heteroatoms. The molecule has 2 rings (SSSR count). The van der Waals surface area contributed by atoms with Gasteiger partial charge in [0, 0.05) is 12.3 Å². The van der Waals surface area contributed by atoms with E-state index in [0.717, 1.165) is 25.9 Å². The summed E-state index contributed by atoms with van der Waals surface area (Å²) >= 11 is 0. The first kappa shape index (κ1) is 14.0. The Balaban J connectivity index is 1.96. The van der Waals surface area contributed by atoms with Gasteiger partial charge in [-0.1, -0.05) is 0 Å². The van der Waals surface area contributed by atoms with Gasteiger partial charge >= 0.3 is 0 Å². The fraction of sp³-hybridized carbons (Fsp3) is 0.933. The predicted octanol–water partition coefficient (Wildman–Crippen LogP) is 2.54. The maximum Gasteiger partial charge on any atom is 0.139 e. The number of ketones is 1. The van der Waals surface area contributed by atoms with Crippen LogP contribution in [0.1, 0.15) is 53.4 Å². The van der Waals surface area contributed by atoms with E-state index in [9.17, 15) is 4.79 Å². The van der Waals surface area contributed by atoms with Crippen LogP contribution in [0.15, 0.2) is 0 Å². The van der Waals surface area contributed by atoms with E-state index < -0.39 is 0 Å². The average Bonchev–Trinajstić information content (AvgIpc) is 2.48. The number of ether oxygens (including phenoxy) is 1. The molecule has 2 aliphatic heterocycles. The highest BCUT2D eigenvalue weighted by Crippen LogP contribution is 2.43. The zero-order valence-corrected chi connectivity index (χ0v) is 12.2. The van der Waals surface area contributed by atoms with E-state index >= 15 is 0 Å². The summed E-state index contributed by atoms with van der Waals surface area (Å²) < 4.78 is 6.02. The lowest BCUT2D eigenvalue weighted by molar-refractivity contribution is -0.130. The van der Waals surface area contributed by atoms with Crippen molar-refractivity contribution in [2.45, 2.75) is 64.6 Å². The third-order valence-corrected chi connectivity index (χ3v) is 4.35. The SMILES string of the molecule is CC1(C)CC(C(=O)CC2CCCNC2)C(C)(C)O1. The van der Waals surface area contributed by atoms with E-state index in [1.165, 1.54) is 12.8 Å². The van der Waals surface area contributed by atoms with Crippen molar-refractivity contribution in [1.29, 1.82) is 0 Å². The summed E-state index contributed by atoms with van der Waals surface area (Å²) in [6.45, 7) is 10.4. The molecule has 0 spiro atoms. The van der Waals surface area contributed by atoms with Crippen LogP contribution in [0.25, 0.3) is 0 Å². The molecule has 3 nitrogen and oxygen atoms in total. The molecule has 0 aromatic heterocycles. The Morgan fingerprint density at radius 1 is 1.33 bits per heavy atom. The van der Waals surface area contributed by atoms with Crippen molar-refractivity contribution in [2.24, 2.45) is 11.8 Å². The second-order valence-corrected chi connectivity index (χ2v) is 7.10. The summed E-state index contributed by atoms with van der Waals surface area (Å²) in [4.78, 5) is 12.5. The molecular weight excluding hydrogens is 226 g/mol. The molecule has 104 valence electrons. The summed E-state index contributed by atoms with van der Waals surface area (Å²) in [7, 11) is 0. The largest absolute Gasteiger partial charge is 0.369 e. The first-order valence-electron chi connectivity index (χ1n) is 7.24. The molecular formula is C15H27NO2. The van der Waals surface area contributed by atoms with Crippen LogP contribution >= 0.6 is 0 Å². The minimum absolute atomic E-state index is 0.0643. The van der Waals surface area contributed by atoms with Gasteiger partial charge in [0.25, 0.3) is 0 Å². The topological polar surface area (TPSA) is 38.3 Å². The molecule has 2 heterocycles. The van der Waals surface area contributed by atoms with Gasteiger partial charge in [-0.05, 0) is 66.0 Å². The molecule has 18 heavy (non-hydrogen) atoms. The number of hydrogen-bond acceptors (Lipinski definition) is 3. The fourth-order valence-electron chi connectivity index (χ4n) is 3.59. The van der Waals surface area contributed by atoms with Crippen LogP contribution in [0.4, 0.5) is 0 Å². The quantitative estimate of drug-likeness (QED) is 0.840. The molecule has 1 N–H and O–H groups in total. The highest BCUT2D eigenvalue weighted by Gasteiger charge is 2.49. The Kier molecular flexibility index (Phi) is 3.84. The third-order valence-electron chi connectivity index (χ3n) is 4.35. The number of hydrogen-bond donors (Lipinski definition) is 1. The second kappa shape index (κ2) is 4.93. The Morgan fingerprint density at radius 3 is 2.56 bits per heavy atom. The smallest absolute Gasteiger partial charge is 0.139 e. The van der Waals surface area contributed by atoms with Crippen LogP contribution in [0, 0.1) is 11.8 Å². The van der Waals surface area contributed by atoms with Crippen LogP contribution in [-0.2, 0) is 9.53 Å². The first-order chi connectivity index (χ1) is 8.30. The second-order valence-electron chi connectivity index (χ2n) is 7.10. The Labute approximate surface area is 111 Å². The van der Waals surface area contributed by atoms with E-state index in [4.69, 9.17) is 4.74 Å². The molecule has 0 aliphatic carbocycles. The van der Waals surface area contributed by atoms with E-state index in [1.807, 2.05) is 0 Å². The monoisotopic (exact) mass is 253 g/mol. The predicted molar refractivity (Wildman–Crippen MR) is 72.6 cm³/mol. The van der Waals surface area contributed by atoms with Gasteiger partial charge in [0.15, 0.2) is 0 Å². The van der Waals surface area contributed by atoms with Gasteiger partial charge in [-0.15, -0.1) is 0 Å². The zero-order chi connectivity index (χ0) is 13.4. The number of Topliss-reactive ketones (excluding diaryl/α,β-unsaturated/α-hetero) is 1. The Morgan fingerprint density at radius 2 is 2.06 bits per heavy atom. The van der Waals surface area contributed by atoms with Gasteiger partial charge in [0.1, 0.15) is 5.78 Å². The summed E-state index contributed by atoms with van der Waals surface area (Å²) in [5.74, 6) is 1.000. The van der Waals surface area contributed by atoms with Gasteiger partial charge in [0.05, 0.1) is 11.2 Å². The Bertz CT molecular complexity index is 316. The molecule has 0 saturated carbocycles. The van der Waals surface area contributed by atoms with Crippen molar-refractivity contribution in [3.05, 3.63) is 0 Å². The third kappa shape index (κ3) is 3.12. The molecule has 2 aliphatic rings. The van der Waals surface area contributed by atoms with Crippen LogP contribution in [-0.4, -0.2) is 30.1 Å². The fourth-order valence-corrected chi connectivity index (χ4v) is 3.59. The average molecular weight is 253 g/mol. The minimum atomic E-state index is -0.303. The summed E-state index contributed by atoms with van der Waals surface area (Å²) in [5, 5.41) is 3.38. The molecule has 2 atom stereocenters. The molecule has 2 unspecified atom stereocenters. The molecule has 0 bridgehead atoms. The van der Waals surface area contributed by atoms with Crippen LogP contribution in [0.5, 0.6) is 0 Å². The maximum absolute atomic E-state index is 12.5.